The summed E-state index contributed by atoms with van der Waals surface area (Å²) < 4.78 is 36.4. The van der Waals surface area contributed by atoms with E-state index >= 15 is 4.39 Å². The van der Waals surface area contributed by atoms with Crippen LogP contribution in [0.3, 0.4) is 0 Å². The lowest BCUT2D eigenvalue weighted by Crippen LogP contribution is -2.30. The Balaban J connectivity index is 0.00000120. The van der Waals surface area contributed by atoms with Gasteiger partial charge >= 0.3 is 0 Å². The highest BCUT2D eigenvalue weighted by molar-refractivity contribution is 5.92. The number of aromatic nitrogens is 1. The van der Waals surface area contributed by atoms with Crippen LogP contribution in [-0.2, 0) is 0 Å². The first-order valence-corrected chi connectivity index (χ1v) is 9.43. The summed E-state index contributed by atoms with van der Waals surface area (Å²) in [6, 6.07) is 0.934. The summed E-state index contributed by atoms with van der Waals surface area (Å²) in [5.41, 5.74) is 7.39. The van der Waals surface area contributed by atoms with E-state index in [1.165, 1.54) is 13.2 Å². The van der Waals surface area contributed by atoms with E-state index in [1.807, 2.05) is 4.90 Å². The number of hydrogen-bond donors (Lipinski definition) is 1. The number of anilines is 1. The minimum absolute atomic E-state index is 0. The maximum absolute atomic E-state index is 15.2. The van der Waals surface area contributed by atoms with Crippen molar-refractivity contribution in [3.63, 3.8) is 0 Å². The molecule has 2 aromatic rings. The Morgan fingerprint density at radius 2 is 2.00 bits per heavy atom. The molecule has 1 saturated heterocycles. The Labute approximate surface area is 173 Å². The highest BCUT2D eigenvalue weighted by atomic mass is 35.5. The molecule has 160 valence electrons. The number of pyridine rings is 1. The number of methoxy groups -OCH3 is 1. The number of hydrogen-bond acceptors (Lipinski definition) is 4. The van der Waals surface area contributed by atoms with Crippen LogP contribution in [0.4, 0.5) is 14.5 Å². The Morgan fingerprint density at radius 1 is 1.34 bits per heavy atom. The zero-order valence-corrected chi connectivity index (χ0v) is 17.2. The van der Waals surface area contributed by atoms with Gasteiger partial charge in [-0.25, -0.2) is 8.78 Å². The molecule has 0 unspecified atom stereocenters. The molecule has 2 saturated carbocycles. The fourth-order valence-corrected chi connectivity index (χ4v) is 4.62. The lowest BCUT2D eigenvalue weighted by Gasteiger charge is -2.24. The van der Waals surface area contributed by atoms with Gasteiger partial charge < -0.3 is 25.4 Å². The van der Waals surface area contributed by atoms with Gasteiger partial charge in [-0.3, -0.25) is 4.79 Å². The second-order valence-electron chi connectivity index (χ2n) is 8.35. The van der Waals surface area contributed by atoms with Gasteiger partial charge in [-0.2, -0.15) is 0 Å². The van der Waals surface area contributed by atoms with Gasteiger partial charge in [0.1, 0.15) is 11.9 Å². The molecule has 0 radical (unpaired) electrons. The van der Waals surface area contributed by atoms with Crippen molar-refractivity contribution in [2.45, 2.75) is 44.4 Å². The van der Waals surface area contributed by atoms with Crippen molar-refractivity contribution in [1.82, 2.24) is 4.57 Å². The van der Waals surface area contributed by atoms with Gasteiger partial charge in [0.15, 0.2) is 17.0 Å². The topological polar surface area (TPSA) is 92.0 Å². The average Bonchev–Trinajstić information content (AvgIpc) is 3.52. The number of ether oxygens (including phenoxy) is 1. The fourth-order valence-electron chi connectivity index (χ4n) is 4.62. The number of fused-ring (bicyclic) bond motifs is 1. The van der Waals surface area contributed by atoms with Gasteiger partial charge in [-0.15, -0.1) is 12.4 Å². The standard InChI is InChI=1S/C20H23F2N3O2.ClH.H2O/c1-10-7-25(14-6-12(14)21)16-11(18(10)26)5-13(22)17(19(16)27-2)24-8-15(23)20(9-24)3-4-20;;/h5,7,12,14-15H,3-4,6,8-9,23H2,1-2H3;1H;1H2/t12-,14+,15+;;/m0../s1. The average molecular weight is 430 g/mol. The van der Waals surface area contributed by atoms with Crippen LogP contribution in [-0.4, -0.2) is 42.5 Å². The summed E-state index contributed by atoms with van der Waals surface area (Å²) in [6.45, 7) is 2.89. The summed E-state index contributed by atoms with van der Waals surface area (Å²) in [7, 11) is 1.47. The van der Waals surface area contributed by atoms with Crippen LogP contribution < -0.4 is 20.8 Å². The molecule has 3 atom stereocenters. The molecule has 2 aliphatic carbocycles. The van der Waals surface area contributed by atoms with E-state index in [0.29, 0.717) is 42.0 Å². The Morgan fingerprint density at radius 3 is 2.52 bits per heavy atom. The Kier molecular flexibility index (Phi) is 5.34. The normalized spacial score (nSPS) is 26.2. The molecule has 1 aromatic carbocycles. The predicted molar refractivity (Wildman–Crippen MR) is 111 cm³/mol. The summed E-state index contributed by atoms with van der Waals surface area (Å²) >= 11 is 0. The second kappa shape index (κ2) is 7.11. The SMILES string of the molecule is COc1c(N2C[C@@H](N)C3(CC3)C2)c(F)cc2c(=O)c(C)cn([C@@H]3C[C@@H]3F)c12.Cl.O. The van der Waals surface area contributed by atoms with E-state index in [-0.39, 0.29) is 46.2 Å². The maximum atomic E-state index is 15.2. The molecular formula is C20H26ClF2N3O3. The molecule has 6 nitrogen and oxygen atoms in total. The van der Waals surface area contributed by atoms with Crippen molar-refractivity contribution in [1.29, 1.82) is 0 Å². The second-order valence-corrected chi connectivity index (χ2v) is 8.35. The minimum Gasteiger partial charge on any atom is -0.492 e. The number of alkyl halides is 1. The first-order chi connectivity index (χ1) is 12.9. The molecule has 0 amide bonds. The van der Waals surface area contributed by atoms with Crippen molar-refractivity contribution in [3.05, 3.63) is 33.9 Å². The smallest absolute Gasteiger partial charge is 0.192 e. The predicted octanol–water partition coefficient (Wildman–Crippen LogP) is 2.27. The molecule has 2 heterocycles. The molecule has 29 heavy (non-hydrogen) atoms. The van der Waals surface area contributed by atoms with Crippen LogP contribution in [0.15, 0.2) is 17.1 Å². The van der Waals surface area contributed by atoms with Crippen LogP contribution >= 0.6 is 12.4 Å². The third kappa shape index (κ3) is 3.08. The Hall–Kier alpha value is -1.90. The zero-order chi connectivity index (χ0) is 19.1. The number of nitrogens with zero attached hydrogens (tertiary/aromatic N) is 2. The largest absolute Gasteiger partial charge is 0.492 e. The quantitative estimate of drug-likeness (QED) is 0.810. The molecular weight excluding hydrogens is 404 g/mol. The molecule has 4 N–H and O–H groups in total. The van der Waals surface area contributed by atoms with Crippen molar-refractivity contribution in [2.24, 2.45) is 11.1 Å². The van der Waals surface area contributed by atoms with Gasteiger partial charge in [0, 0.05) is 42.7 Å². The molecule has 3 aliphatic rings. The molecule has 5 rings (SSSR count). The third-order valence-electron chi connectivity index (χ3n) is 6.54. The van der Waals surface area contributed by atoms with E-state index in [9.17, 15) is 9.18 Å². The van der Waals surface area contributed by atoms with Crippen LogP contribution in [0.5, 0.6) is 5.75 Å². The summed E-state index contributed by atoms with van der Waals surface area (Å²) in [6.07, 6.45) is 3.21. The molecule has 1 aliphatic heterocycles. The molecule has 1 spiro atoms. The summed E-state index contributed by atoms with van der Waals surface area (Å²) in [5, 5.41) is 0.233. The lowest BCUT2D eigenvalue weighted by molar-refractivity contribution is 0.410. The number of halogens is 3. The lowest BCUT2D eigenvalue weighted by atomic mass is 10.0. The van der Waals surface area contributed by atoms with Gasteiger partial charge in [0.2, 0.25) is 0 Å². The van der Waals surface area contributed by atoms with E-state index in [1.54, 1.807) is 17.7 Å². The maximum Gasteiger partial charge on any atom is 0.192 e. The van der Waals surface area contributed by atoms with E-state index < -0.39 is 12.0 Å². The molecule has 0 bridgehead atoms. The van der Waals surface area contributed by atoms with Crippen LogP contribution in [0.2, 0.25) is 0 Å². The van der Waals surface area contributed by atoms with Gasteiger partial charge in [-0.05, 0) is 25.8 Å². The molecule has 1 aromatic heterocycles. The summed E-state index contributed by atoms with van der Waals surface area (Å²) in [4.78, 5) is 14.6. The molecule has 9 heteroatoms. The van der Waals surface area contributed by atoms with Crippen molar-refractivity contribution < 1.29 is 19.0 Å². The minimum atomic E-state index is -0.955. The van der Waals surface area contributed by atoms with Gasteiger partial charge in [0.25, 0.3) is 0 Å². The third-order valence-corrected chi connectivity index (χ3v) is 6.54. The number of aryl methyl sites for hydroxylation is 1. The van der Waals surface area contributed by atoms with Crippen molar-refractivity contribution >= 4 is 29.0 Å². The first-order valence-electron chi connectivity index (χ1n) is 9.43. The Bertz CT molecular complexity index is 1020. The number of nitrogens with two attached hydrogens (primary N) is 1. The number of rotatable bonds is 3. The number of benzene rings is 1. The fraction of sp³-hybridized carbons (Fsp3) is 0.550. The van der Waals surface area contributed by atoms with Crippen LogP contribution in [0.25, 0.3) is 10.9 Å². The van der Waals surface area contributed by atoms with Crippen molar-refractivity contribution in [2.75, 3.05) is 25.1 Å². The van der Waals surface area contributed by atoms with Crippen molar-refractivity contribution in [3.8, 4) is 5.75 Å². The zero-order valence-electron chi connectivity index (χ0n) is 16.4. The first kappa shape index (κ1) is 21.8. The molecule has 3 fully saturated rings. The van der Waals surface area contributed by atoms with Crippen LogP contribution in [0, 0.1) is 18.2 Å². The van der Waals surface area contributed by atoms with Crippen LogP contribution in [0.1, 0.15) is 30.9 Å². The van der Waals surface area contributed by atoms with E-state index in [0.717, 1.165) is 12.8 Å². The van der Waals surface area contributed by atoms with Gasteiger partial charge in [-0.1, -0.05) is 0 Å². The monoisotopic (exact) mass is 429 g/mol. The van der Waals surface area contributed by atoms with E-state index in [4.69, 9.17) is 10.5 Å². The van der Waals surface area contributed by atoms with E-state index in [2.05, 4.69) is 0 Å². The summed E-state index contributed by atoms with van der Waals surface area (Å²) in [5.74, 6) is -0.197. The highest BCUT2D eigenvalue weighted by Gasteiger charge is 2.54. The highest BCUT2D eigenvalue weighted by Crippen LogP contribution is 2.54. The van der Waals surface area contributed by atoms with Gasteiger partial charge in [0.05, 0.1) is 24.1 Å².